The first-order chi connectivity index (χ1) is 15.0. The molecule has 5 atom stereocenters. The van der Waals surface area contributed by atoms with Crippen molar-refractivity contribution in [2.75, 3.05) is 13.2 Å². The van der Waals surface area contributed by atoms with Crippen LogP contribution in [0, 0.1) is 25.7 Å². The maximum Gasteiger partial charge on any atom is 0.325 e. The molecule has 1 aromatic carbocycles. The second kappa shape index (κ2) is 9.89. The van der Waals surface area contributed by atoms with Crippen LogP contribution < -0.4 is 5.32 Å². The van der Waals surface area contributed by atoms with Gasteiger partial charge in [-0.1, -0.05) is 32.8 Å². The van der Waals surface area contributed by atoms with E-state index in [0.29, 0.717) is 11.8 Å². The van der Waals surface area contributed by atoms with Gasteiger partial charge < -0.3 is 15.2 Å². The number of amides is 1. The second-order valence-corrected chi connectivity index (χ2v) is 11.2. The molecule has 1 aliphatic heterocycles. The molecule has 0 bridgehead atoms. The molecule has 2 N–H and O–H groups in total. The number of hydrogen-bond donors (Lipinski definition) is 2. The Morgan fingerprint density at radius 3 is 2.59 bits per heavy atom. The van der Waals surface area contributed by atoms with Gasteiger partial charge >= 0.3 is 5.97 Å². The van der Waals surface area contributed by atoms with Crippen LogP contribution in [0.5, 0.6) is 0 Å². The minimum Gasteiger partial charge on any atom is -0.454 e. The predicted octanol–water partition coefficient (Wildman–Crippen LogP) is 1.91. The molecule has 1 saturated heterocycles. The third kappa shape index (κ3) is 5.32. The molecule has 0 aromatic heterocycles. The minimum atomic E-state index is -4.01. The summed E-state index contributed by atoms with van der Waals surface area (Å²) >= 11 is 0. The quantitative estimate of drug-likeness (QED) is 0.620. The van der Waals surface area contributed by atoms with Crippen molar-refractivity contribution in [2.24, 2.45) is 11.8 Å². The first kappa shape index (κ1) is 24.7. The van der Waals surface area contributed by atoms with Crippen LogP contribution in [0.25, 0.3) is 0 Å². The fourth-order valence-electron chi connectivity index (χ4n) is 4.54. The van der Waals surface area contributed by atoms with Crippen LogP contribution in [-0.2, 0) is 24.3 Å². The molecule has 0 radical (unpaired) electrons. The van der Waals surface area contributed by atoms with E-state index in [1.807, 2.05) is 13.8 Å². The van der Waals surface area contributed by atoms with Gasteiger partial charge in [-0.05, 0) is 55.4 Å². The lowest BCUT2D eigenvalue weighted by atomic mass is 9.78. The average Bonchev–Trinajstić information content (AvgIpc) is 3.14. The third-order valence-electron chi connectivity index (χ3n) is 6.99. The molecule has 1 saturated carbocycles. The standard InChI is InChI=1S/C23H34N2O6S/c1-14-8-9-19(10-16(14)3)32(29,30)25-12-18(26)11-21(25)23(28)31-13-22(27)24-20-7-5-6-15(2)17(20)4/h8-10,15,17-18,20-21,26H,5-7,11-13H2,1-4H3,(H,24,27). The van der Waals surface area contributed by atoms with Crippen molar-refractivity contribution in [2.45, 2.75) is 76.5 Å². The maximum absolute atomic E-state index is 13.2. The van der Waals surface area contributed by atoms with Crippen molar-refractivity contribution in [1.29, 1.82) is 0 Å². The fraction of sp³-hybridized carbons (Fsp3) is 0.652. The number of carbonyl (C=O) groups is 2. The number of sulfonamides is 1. The summed E-state index contributed by atoms with van der Waals surface area (Å²) in [6.45, 7) is 7.30. The van der Waals surface area contributed by atoms with Crippen LogP contribution in [0.1, 0.15) is 50.7 Å². The summed E-state index contributed by atoms with van der Waals surface area (Å²) < 4.78 is 32.5. The lowest BCUT2D eigenvalue weighted by molar-refractivity contribution is -0.152. The molecule has 1 amide bonds. The Bertz CT molecular complexity index is 963. The second-order valence-electron chi connectivity index (χ2n) is 9.28. The average molecular weight is 467 g/mol. The lowest BCUT2D eigenvalue weighted by Gasteiger charge is -2.34. The number of carbonyl (C=O) groups excluding carboxylic acids is 2. The van der Waals surface area contributed by atoms with Crippen LogP contribution in [0.15, 0.2) is 23.1 Å². The molecule has 8 nitrogen and oxygen atoms in total. The maximum atomic E-state index is 13.2. The largest absolute Gasteiger partial charge is 0.454 e. The van der Waals surface area contributed by atoms with E-state index < -0.39 is 40.7 Å². The van der Waals surface area contributed by atoms with Crippen molar-refractivity contribution in [3.8, 4) is 0 Å². The molecule has 2 aliphatic rings. The Hall–Kier alpha value is -1.97. The van der Waals surface area contributed by atoms with E-state index in [0.717, 1.165) is 34.7 Å². The summed E-state index contributed by atoms with van der Waals surface area (Å²) in [4.78, 5) is 25.1. The summed E-state index contributed by atoms with van der Waals surface area (Å²) in [5, 5.41) is 13.0. The molecular weight excluding hydrogens is 432 g/mol. The normalized spacial score (nSPS) is 29.0. The SMILES string of the molecule is Cc1ccc(S(=O)(=O)N2CC(O)CC2C(=O)OCC(=O)NC2CCCC(C)C2C)cc1C. The molecule has 32 heavy (non-hydrogen) atoms. The first-order valence-corrected chi connectivity index (χ1v) is 12.7. The van der Waals surface area contributed by atoms with Crippen molar-refractivity contribution < 1.29 is 27.9 Å². The number of benzene rings is 1. The molecular formula is C23H34N2O6S. The van der Waals surface area contributed by atoms with E-state index in [1.54, 1.807) is 12.1 Å². The van der Waals surface area contributed by atoms with Crippen LogP contribution in [0.4, 0.5) is 0 Å². The number of β-amino-alcohol motifs (C(OH)–C–C–N with tert-alkyl or cyclic N) is 1. The summed E-state index contributed by atoms with van der Waals surface area (Å²) in [5.74, 6) is -0.367. The fourth-order valence-corrected chi connectivity index (χ4v) is 6.25. The van der Waals surface area contributed by atoms with E-state index in [2.05, 4.69) is 19.2 Å². The number of rotatable bonds is 6. The van der Waals surface area contributed by atoms with E-state index in [1.165, 1.54) is 6.07 Å². The number of aliphatic hydroxyl groups is 1. The van der Waals surface area contributed by atoms with Crippen molar-refractivity contribution >= 4 is 21.9 Å². The van der Waals surface area contributed by atoms with E-state index >= 15 is 0 Å². The highest BCUT2D eigenvalue weighted by Gasteiger charge is 2.44. The number of ether oxygens (including phenoxy) is 1. The number of hydrogen-bond acceptors (Lipinski definition) is 6. The summed E-state index contributed by atoms with van der Waals surface area (Å²) in [6, 6.07) is 3.62. The topological polar surface area (TPSA) is 113 Å². The van der Waals surface area contributed by atoms with Crippen LogP contribution in [-0.4, -0.2) is 61.0 Å². The van der Waals surface area contributed by atoms with Crippen molar-refractivity contribution in [1.82, 2.24) is 9.62 Å². The predicted molar refractivity (Wildman–Crippen MR) is 119 cm³/mol. The molecule has 2 fully saturated rings. The summed E-state index contributed by atoms with van der Waals surface area (Å²) in [7, 11) is -4.01. The van der Waals surface area contributed by atoms with Gasteiger partial charge in [0.1, 0.15) is 6.04 Å². The van der Waals surface area contributed by atoms with Gasteiger partial charge in [-0.3, -0.25) is 9.59 Å². The Kier molecular flexibility index (Phi) is 7.62. The Labute approximate surface area is 190 Å². The molecule has 9 heteroatoms. The summed E-state index contributed by atoms with van der Waals surface area (Å²) in [5.41, 5.74) is 1.77. The third-order valence-corrected chi connectivity index (χ3v) is 8.86. The zero-order valence-corrected chi connectivity index (χ0v) is 20.0. The Morgan fingerprint density at radius 2 is 1.91 bits per heavy atom. The van der Waals surface area contributed by atoms with Gasteiger partial charge in [-0.2, -0.15) is 4.31 Å². The monoisotopic (exact) mass is 466 g/mol. The molecule has 5 unspecified atom stereocenters. The Morgan fingerprint density at radius 1 is 1.19 bits per heavy atom. The zero-order chi connectivity index (χ0) is 23.6. The van der Waals surface area contributed by atoms with Gasteiger partial charge in [0.25, 0.3) is 5.91 Å². The zero-order valence-electron chi connectivity index (χ0n) is 19.2. The lowest BCUT2D eigenvalue weighted by Crippen LogP contribution is -2.46. The van der Waals surface area contributed by atoms with Gasteiger partial charge in [0.05, 0.1) is 11.0 Å². The Balaban J connectivity index is 1.64. The number of nitrogens with zero attached hydrogens (tertiary/aromatic N) is 1. The smallest absolute Gasteiger partial charge is 0.325 e. The first-order valence-electron chi connectivity index (χ1n) is 11.2. The number of aryl methyl sites for hydroxylation is 2. The van der Waals surface area contributed by atoms with Crippen LogP contribution >= 0.6 is 0 Å². The van der Waals surface area contributed by atoms with E-state index in [4.69, 9.17) is 4.74 Å². The molecule has 1 aromatic rings. The highest BCUT2D eigenvalue weighted by molar-refractivity contribution is 7.89. The van der Waals surface area contributed by atoms with Gasteiger partial charge in [0.2, 0.25) is 10.0 Å². The summed E-state index contributed by atoms with van der Waals surface area (Å²) in [6.07, 6.45) is 2.02. The van der Waals surface area contributed by atoms with Gasteiger partial charge in [0.15, 0.2) is 6.61 Å². The number of aliphatic hydroxyl groups excluding tert-OH is 1. The number of esters is 1. The van der Waals surface area contributed by atoms with E-state index in [-0.39, 0.29) is 23.9 Å². The van der Waals surface area contributed by atoms with Crippen molar-refractivity contribution in [3.63, 3.8) is 0 Å². The molecule has 178 valence electrons. The van der Waals surface area contributed by atoms with Gasteiger partial charge in [-0.25, -0.2) is 8.42 Å². The number of nitrogens with one attached hydrogen (secondary N) is 1. The highest BCUT2D eigenvalue weighted by atomic mass is 32.2. The van der Waals surface area contributed by atoms with Gasteiger partial charge in [-0.15, -0.1) is 0 Å². The van der Waals surface area contributed by atoms with Gasteiger partial charge in [0, 0.05) is 19.0 Å². The highest BCUT2D eigenvalue weighted by Crippen LogP contribution is 2.30. The minimum absolute atomic E-state index is 0.0416. The molecule has 1 heterocycles. The van der Waals surface area contributed by atoms with Crippen molar-refractivity contribution in [3.05, 3.63) is 29.3 Å². The van der Waals surface area contributed by atoms with E-state index in [9.17, 15) is 23.1 Å². The molecule has 0 spiro atoms. The van der Waals surface area contributed by atoms with Crippen LogP contribution in [0.3, 0.4) is 0 Å². The van der Waals surface area contributed by atoms with Crippen LogP contribution in [0.2, 0.25) is 0 Å². The molecule has 3 rings (SSSR count). The molecule has 1 aliphatic carbocycles.